The average Bonchev–Trinajstić information content (AvgIpc) is 2.89. The van der Waals surface area contributed by atoms with Crippen molar-refractivity contribution >= 4 is 23.1 Å². The first-order chi connectivity index (χ1) is 11.0. The van der Waals surface area contributed by atoms with Gasteiger partial charge < -0.3 is 9.67 Å². The Hall–Kier alpha value is -2.07. The van der Waals surface area contributed by atoms with Crippen LogP contribution in [0.25, 0.3) is 5.57 Å². The standard InChI is InChI=1S/C18H21ClN2O2/c1-3-4-9-17-20-11-16(13(2)10-18(22)23)21(17)12-14-7-5-6-8-15(14)19/h5-8,10-11H,3-4,9,12H2,1-2H3,(H,22,23)/b13-10+. The molecule has 0 spiro atoms. The third kappa shape index (κ3) is 4.45. The van der Waals surface area contributed by atoms with Gasteiger partial charge in [-0.25, -0.2) is 9.78 Å². The molecular weight excluding hydrogens is 312 g/mol. The van der Waals surface area contributed by atoms with Gasteiger partial charge >= 0.3 is 5.97 Å². The van der Waals surface area contributed by atoms with Crippen LogP contribution in [0.15, 0.2) is 36.5 Å². The molecule has 122 valence electrons. The van der Waals surface area contributed by atoms with E-state index in [0.717, 1.165) is 36.3 Å². The van der Waals surface area contributed by atoms with Crippen LogP contribution in [-0.2, 0) is 17.8 Å². The first-order valence-electron chi connectivity index (χ1n) is 7.72. The van der Waals surface area contributed by atoms with Crippen molar-refractivity contribution in [3.8, 4) is 0 Å². The minimum absolute atomic E-state index is 0.582. The molecule has 23 heavy (non-hydrogen) atoms. The number of hydrogen-bond donors (Lipinski definition) is 1. The summed E-state index contributed by atoms with van der Waals surface area (Å²) in [4.78, 5) is 15.5. The second kappa shape index (κ2) is 7.97. The number of benzene rings is 1. The number of aromatic nitrogens is 2. The molecule has 1 N–H and O–H groups in total. The molecule has 0 unspecified atom stereocenters. The molecule has 1 heterocycles. The van der Waals surface area contributed by atoms with Crippen molar-refractivity contribution in [3.05, 3.63) is 58.6 Å². The smallest absolute Gasteiger partial charge is 0.328 e. The Morgan fingerprint density at radius 1 is 1.39 bits per heavy atom. The molecule has 0 amide bonds. The highest BCUT2D eigenvalue weighted by atomic mass is 35.5. The van der Waals surface area contributed by atoms with E-state index in [4.69, 9.17) is 16.7 Å². The molecular formula is C18H21ClN2O2. The lowest BCUT2D eigenvalue weighted by molar-refractivity contribution is -0.131. The van der Waals surface area contributed by atoms with Crippen LogP contribution in [0.5, 0.6) is 0 Å². The number of aryl methyl sites for hydroxylation is 1. The van der Waals surface area contributed by atoms with Crippen molar-refractivity contribution < 1.29 is 9.90 Å². The number of carbonyl (C=O) groups is 1. The molecule has 0 aliphatic carbocycles. The second-order valence-electron chi connectivity index (χ2n) is 5.51. The molecule has 0 aliphatic heterocycles. The van der Waals surface area contributed by atoms with Crippen molar-refractivity contribution in [1.82, 2.24) is 9.55 Å². The van der Waals surface area contributed by atoms with E-state index in [-0.39, 0.29) is 0 Å². The molecule has 0 fully saturated rings. The van der Waals surface area contributed by atoms with Crippen LogP contribution < -0.4 is 0 Å². The summed E-state index contributed by atoms with van der Waals surface area (Å²) >= 11 is 6.27. The van der Waals surface area contributed by atoms with Crippen LogP contribution in [0, 0.1) is 0 Å². The second-order valence-corrected chi connectivity index (χ2v) is 5.91. The summed E-state index contributed by atoms with van der Waals surface area (Å²) in [5.41, 5.74) is 2.49. The Balaban J connectivity index is 2.42. The van der Waals surface area contributed by atoms with Gasteiger partial charge in [0.15, 0.2) is 0 Å². The predicted octanol–water partition coefficient (Wildman–Crippen LogP) is 4.42. The monoisotopic (exact) mass is 332 g/mol. The summed E-state index contributed by atoms with van der Waals surface area (Å²) < 4.78 is 2.06. The van der Waals surface area contributed by atoms with Gasteiger partial charge in [-0.1, -0.05) is 43.1 Å². The number of carboxylic acids is 1. The summed E-state index contributed by atoms with van der Waals surface area (Å²) in [6.07, 6.45) is 5.94. The Kier molecular flexibility index (Phi) is 5.99. The predicted molar refractivity (Wildman–Crippen MR) is 92.7 cm³/mol. The van der Waals surface area contributed by atoms with Gasteiger partial charge in [-0.05, 0) is 30.5 Å². The van der Waals surface area contributed by atoms with E-state index < -0.39 is 5.97 Å². The Morgan fingerprint density at radius 2 is 2.13 bits per heavy atom. The highest BCUT2D eigenvalue weighted by molar-refractivity contribution is 6.31. The summed E-state index contributed by atoms with van der Waals surface area (Å²) in [5, 5.41) is 9.69. The number of carboxylic acid groups (broad SMARTS) is 1. The van der Waals surface area contributed by atoms with Gasteiger partial charge in [-0.15, -0.1) is 0 Å². The van der Waals surface area contributed by atoms with Gasteiger partial charge in [0.1, 0.15) is 5.82 Å². The van der Waals surface area contributed by atoms with Crippen LogP contribution in [0.2, 0.25) is 5.02 Å². The van der Waals surface area contributed by atoms with Gasteiger partial charge in [-0.3, -0.25) is 0 Å². The number of aliphatic carboxylic acids is 1. The normalized spacial score (nSPS) is 11.7. The molecule has 2 rings (SSSR count). The Bertz CT molecular complexity index is 720. The molecule has 0 atom stereocenters. The molecule has 0 saturated carbocycles. The third-order valence-electron chi connectivity index (χ3n) is 3.72. The molecule has 1 aromatic heterocycles. The summed E-state index contributed by atoms with van der Waals surface area (Å²) in [6.45, 7) is 4.51. The van der Waals surface area contributed by atoms with E-state index in [1.807, 2.05) is 24.3 Å². The molecule has 0 radical (unpaired) electrons. The highest BCUT2D eigenvalue weighted by Crippen LogP contribution is 2.22. The van der Waals surface area contributed by atoms with Crippen LogP contribution >= 0.6 is 11.6 Å². The van der Waals surface area contributed by atoms with E-state index >= 15 is 0 Å². The third-order valence-corrected chi connectivity index (χ3v) is 4.09. The van der Waals surface area contributed by atoms with Crippen molar-refractivity contribution in [2.75, 3.05) is 0 Å². The maximum absolute atomic E-state index is 11.0. The van der Waals surface area contributed by atoms with Gasteiger partial charge in [0, 0.05) is 17.5 Å². The topological polar surface area (TPSA) is 55.1 Å². The van der Waals surface area contributed by atoms with Crippen LogP contribution in [-0.4, -0.2) is 20.6 Å². The number of halogens is 1. The quantitative estimate of drug-likeness (QED) is 0.764. The average molecular weight is 333 g/mol. The number of imidazole rings is 1. The number of nitrogens with zero attached hydrogens (tertiary/aromatic N) is 2. The molecule has 0 bridgehead atoms. The number of hydrogen-bond acceptors (Lipinski definition) is 2. The lowest BCUT2D eigenvalue weighted by Crippen LogP contribution is -2.09. The summed E-state index contributed by atoms with van der Waals surface area (Å²) in [5.74, 6) is 0.00279. The lowest BCUT2D eigenvalue weighted by Gasteiger charge is -2.13. The van der Waals surface area contributed by atoms with Crippen LogP contribution in [0.3, 0.4) is 0 Å². The van der Waals surface area contributed by atoms with Gasteiger partial charge in [0.05, 0.1) is 18.4 Å². The van der Waals surface area contributed by atoms with Crippen LogP contribution in [0.4, 0.5) is 0 Å². The summed E-state index contributed by atoms with van der Waals surface area (Å²) in [6, 6.07) is 7.68. The van der Waals surface area contributed by atoms with Crippen molar-refractivity contribution in [2.24, 2.45) is 0 Å². The highest BCUT2D eigenvalue weighted by Gasteiger charge is 2.13. The fourth-order valence-electron chi connectivity index (χ4n) is 2.50. The molecule has 0 saturated heterocycles. The van der Waals surface area contributed by atoms with Crippen molar-refractivity contribution in [1.29, 1.82) is 0 Å². The van der Waals surface area contributed by atoms with Gasteiger partial charge in [-0.2, -0.15) is 0 Å². The van der Waals surface area contributed by atoms with E-state index in [0.29, 0.717) is 17.1 Å². The Labute approximate surface area is 141 Å². The first kappa shape index (κ1) is 17.3. The van der Waals surface area contributed by atoms with Gasteiger partial charge in [0.25, 0.3) is 0 Å². The maximum atomic E-state index is 11.0. The first-order valence-corrected chi connectivity index (χ1v) is 8.10. The molecule has 2 aromatic rings. The minimum atomic E-state index is -0.955. The maximum Gasteiger partial charge on any atom is 0.328 e. The number of unbranched alkanes of at least 4 members (excludes halogenated alkanes) is 1. The minimum Gasteiger partial charge on any atom is -0.478 e. The molecule has 0 aliphatic rings. The Morgan fingerprint density at radius 3 is 2.78 bits per heavy atom. The fourth-order valence-corrected chi connectivity index (χ4v) is 2.69. The molecule has 5 heteroatoms. The van der Waals surface area contributed by atoms with E-state index in [9.17, 15) is 4.79 Å². The SMILES string of the molecule is CCCCc1ncc(/C(C)=C/C(=O)O)n1Cc1ccccc1Cl. The zero-order valence-electron chi connectivity index (χ0n) is 13.4. The number of rotatable bonds is 7. The summed E-state index contributed by atoms with van der Waals surface area (Å²) in [7, 11) is 0. The fraction of sp³-hybridized carbons (Fsp3) is 0.333. The van der Waals surface area contributed by atoms with Crippen molar-refractivity contribution in [3.63, 3.8) is 0 Å². The lowest BCUT2D eigenvalue weighted by atomic mass is 10.1. The molecule has 1 aromatic carbocycles. The van der Waals surface area contributed by atoms with E-state index in [1.54, 1.807) is 13.1 Å². The zero-order valence-corrected chi connectivity index (χ0v) is 14.2. The van der Waals surface area contributed by atoms with E-state index in [2.05, 4.69) is 16.5 Å². The molecule has 4 nitrogen and oxygen atoms in total. The van der Waals surface area contributed by atoms with Gasteiger partial charge in [0.2, 0.25) is 0 Å². The van der Waals surface area contributed by atoms with Crippen molar-refractivity contribution in [2.45, 2.75) is 39.7 Å². The zero-order chi connectivity index (χ0) is 16.8. The number of allylic oxidation sites excluding steroid dienone is 1. The van der Waals surface area contributed by atoms with Crippen LogP contribution in [0.1, 0.15) is 43.8 Å². The largest absolute Gasteiger partial charge is 0.478 e. The van der Waals surface area contributed by atoms with E-state index in [1.165, 1.54) is 6.08 Å².